The summed E-state index contributed by atoms with van der Waals surface area (Å²) in [5.41, 5.74) is 0.155. The van der Waals surface area contributed by atoms with Crippen LogP contribution < -0.4 is 0 Å². The first-order chi connectivity index (χ1) is 7.41. The number of benzene rings is 1. The summed E-state index contributed by atoms with van der Waals surface area (Å²) in [6.07, 6.45) is -1.54. The monoisotopic (exact) mass is 245 g/mol. The second kappa shape index (κ2) is 5.16. The first-order valence-corrected chi connectivity index (χ1v) is 4.91. The molecule has 1 unspecified atom stereocenters. The lowest BCUT2D eigenvalue weighted by Crippen LogP contribution is -2.24. The molecule has 0 aliphatic carbocycles. The molecule has 0 aliphatic rings. The summed E-state index contributed by atoms with van der Waals surface area (Å²) in [6.45, 7) is 0. The molecule has 0 aliphatic heterocycles. The minimum absolute atomic E-state index is 0.148. The van der Waals surface area contributed by atoms with Gasteiger partial charge in [-0.05, 0) is 18.2 Å². The number of aliphatic hydroxyl groups excluding tert-OH is 1. The van der Waals surface area contributed by atoms with Crippen LogP contribution in [-0.4, -0.2) is 33.4 Å². The molecule has 3 N–H and O–H groups in total. The molecule has 0 saturated heterocycles. The summed E-state index contributed by atoms with van der Waals surface area (Å²) >= 11 is 5.69. The maximum absolute atomic E-state index is 11.1. The number of phenols is 1. The van der Waals surface area contributed by atoms with E-state index >= 15 is 0 Å². The van der Waals surface area contributed by atoms with Crippen molar-refractivity contribution in [3.63, 3.8) is 0 Å². The lowest BCUT2D eigenvalue weighted by molar-refractivity contribution is -0.161. The van der Waals surface area contributed by atoms with Crippen molar-refractivity contribution < 1.29 is 20.2 Å². The Balaban J connectivity index is 2.84. The number of rotatable bonds is 3. The molecule has 1 atom stereocenters. The highest BCUT2D eigenvalue weighted by Crippen LogP contribution is 2.29. The fourth-order valence-corrected chi connectivity index (χ4v) is 1.38. The van der Waals surface area contributed by atoms with Gasteiger partial charge in [0.05, 0.1) is 12.5 Å². The minimum atomic E-state index is -1.21. The van der Waals surface area contributed by atoms with Crippen molar-refractivity contribution in [3.05, 3.63) is 28.8 Å². The molecule has 0 spiro atoms. The molecule has 1 aromatic rings. The van der Waals surface area contributed by atoms with Crippen LogP contribution in [0.4, 0.5) is 0 Å². The van der Waals surface area contributed by atoms with Crippen LogP contribution in [0.2, 0.25) is 5.02 Å². The molecule has 1 aromatic carbocycles. The van der Waals surface area contributed by atoms with Gasteiger partial charge in [-0.25, -0.2) is 5.06 Å². The van der Waals surface area contributed by atoms with Crippen LogP contribution in [0, 0.1) is 0 Å². The second-order valence-corrected chi connectivity index (χ2v) is 3.78. The van der Waals surface area contributed by atoms with Gasteiger partial charge in [0.2, 0.25) is 5.91 Å². The number of aliphatic hydroxyl groups is 1. The molecule has 88 valence electrons. The number of aromatic hydroxyl groups is 1. The van der Waals surface area contributed by atoms with Crippen LogP contribution in [0.3, 0.4) is 0 Å². The third-order valence-electron chi connectivity index (χ3n) is 2.08. The Hall–Kier alpha value is -1.30. The smallest absolute Gasteiger partial charge is 0.248 e. The van der Waals surface area contributed by atoms with Crippen LogP contribution in [0.15, 0.2) is 18.2 Å². The Morgan fingerprint density at radius 3 is 2.75 bits per heavy atom. The summed E-state index contributed by atoms with van der Waals surface area (Å²) in [7, 11) is 1.16. The Morgan fingerprint density at radius 1 is 1.56 bits per heavy atom. The van der Waals surface area contributed by atoms with Gasteiger partial charge in [-0.3, -0.25) is 10.0 Å². The van der Waals surface area contributed by atoms with Crippen LogP contribution in [0.1, 0.15) is 18.1 Å². The van der Waals surface area contributed by atoms with E-state index in [0.29, 0.717) is 10.1 Å². The Labute approximate surface area is 97.5 Å². The number of hydroxylamine groups is 2. The van der Waals surface area contributed by atoms with Crippen LogP contribution >= 0.6 is 11.6 Å². The van der Waals surface area contributed by atoms with Gasteiger partial charge in [-0.2, -0.15) is 0 Å². The van der Waals surface area contributed by atoms with Crippen molar-refractivity contribution >= 4 is 17.5 Å². The summed E-state index contributed by atoms with van der Waals surface area (Å²) in [4.78, 5) is 11.1. The number of carbonyl (C=O) groups excluding carboxylic acids is 1. The van der Waals surface area contributed by atoms with E-state index in [1.54, 1.807) is 0 Å². The van der Waals surface area contributed by atoms with Gasteiger partial charge in [0.15, 0.2) is 0 Å². The predicted molar refractivity (Wildman–Crippen MR) is 57.3 cm³/mol. The van der Waals surface area contributed by atoms with Gasteiger partial charge >= 0.3 is 0 Å². The number of carbonyl (C=O) groups is 1. The van der Waals surface area contributed by atoms with Crippen molar-refractivity contribution in [2.24, 2.45) is 0 Å². The van der Waals surface area contributed by atoms with Gasteiger partial charge < -0.3 is 10.2 Å². The molecule has 0 saturated carbocycles. The Morgan fingerprint density at radius 2 is 2.19 bits per heavy atom. The van der Waals surface area contributed by atoms with Crippen molar-refractivity contribution in [2.45, 2.75) is 12.5 Å². The molecular formula is C10H12ClNO4. The van der Waals surface area contributed by atoms with E-state index in [1.165, 1.54) is 18.2 Å². The number of amides is 1. The molecule has 16 heavy (non-hydrogen) atoms. The highest BCUT2D eigenvalue weighted by Gasteiger charge is 2.18. The normalized spacial score (nSPS) is 12.2. The average Bonchev–Trinajstić information content (AvgIpc) is 2.21. The molecular weight excluding hydrogens is 234 g/mol. The summed E-state index contributed by atoms with van der Waals surface area (Å²) in [5.74, 6) is -0.808. The Bertz CT molecular complexity index is 394. The molecule has 6 heteroatoms. The maximum Gasteiger partial charge on any atom is 0.248 e. The highest BCUT2D eigenvalue weighted by molar-refractivity contribution is 6.30. The lowest BCUT2D eigenvalue weighted by Gasteiger charge is -2.14. The molecule has 5 nitrogen and oxygen atoms in total. The molecule has 1 rings (SSSR count). The van der Waals surface area contributed by atoms with Crippen LogP contribution in [0.5, 0.6) is 5.75 Å². The lowest BCUT2D eigenvalue weighted by atomic mass is 10.1. The predicted octanol–water partition coefficient (Wildman–Crippen LogP) is 1.32. The molecule has 0 aromatic heterocycles. The van der Waals surface area contributed by atoms with Gasteiger partial charge in [0.1, 0.15) is 5.75 Å². The standard InChI is InChI=1S/C10H12ClNO4/c1-12(16)10(15)5-9(14)7-4-6(11)2-3-8(7)13/h2-4,9,13-14,16H,5H2,1H3. The van der Waals surface area contributed by atoms with E-state index in [1.807, 2.05) is 0 Å². The Kier molecular flexibility index (Phi) is 4.12. The topological polar surface area (TPSA) is 81.0 Å². The first kappa shape index (κ1) is 12.8. The largest absolute Gasteiger partial charge is 0.508 e. The fourth-order valence-electron chi connectivity index (χ4n) is 1.20. The SMILES string of the molecule is CN(O)C(=O)CC(O)c1cc(Cl)ccc1O. The van der Waals surface area contributed by atoms with E-state index in [0.717, 1.165) is 7.05 Å². The first-order valence-electron chi connectivity index (χ1n) is 4.53. The number of hydrogen-bond acceptors (Lipinski definition) is 4. The second-order valence-electron chi connectivity index (χ2n) is 3.34. The summed E-state index contributed by atoms with van der Waals surface area (Å²) in [6, 6.07) is 4.16. The number of nitrogens with zero attached hydrogens (tertiary/aromatic N) is 1. The van der Waals surface area contributed by atoms with Gasteiger partial charge in [0.25, 0.3) is 0 Å². The zero-order chi connectivity index (χ0) is 12.3. The van der Waals surface area contributed by atoms with Crippen LogP contribution in [0.25, 0.3) is 0 Å². The molecule has 0 heterocycles. The van der Waals surface area contributed by atoms with E-state index in [2.05, 4.69) is 0 Å². The zero-order valence-electron chi connectivity index (χ0n) is 8.59. The third kappa shape index (κ3) is 3.10. The third-order valence-corrected chi connectivity index (χ3v) is 2.31. The number of halogens is 1. The summed E-state index contributed by atoms with van der Waals surface area (Å²) in [5, 5.41) is 28.7. The molecule has 0 bridgehead atoms. The minimum Gasteiger partial charge on any atom is -0.508 e. The van der Waals surface area contributed by atoms with E-state index < -0.39 is 12.0 Å². The molecule has 0 fully saturated rings. The maximum atomic E-state index is 11.1. The van der Waals surface area contributed by atoms with Gasteiger partial charge in [-0.15, -0.1) is 0 Å². The van der Waals surface area contributed by atoms with E-state index in [4.69, 9.17) is 16.8 Å². The summed E-state index contributed by atoms with van der Waals surface area (Å²) < 4.78 is 0. The van der Waals surface area contributed by atoms with Crippen LogP contribution in [-0.2, 0) is 4.79 Å². The average molecular weight is 246 g/mol. The van der Waals surface area contributed by atoms with Gasteiger partial charge in [0, 0.05) is 17.6 Å². The van der Waals surface area contributed by atoms with Crippen molar-refractivity contribution in [1.29, 1.82) is 0 Å². The number of phenolic OH excluding ortho intramolecular Hbond substituents is 1. The highest BCUT2D eigenvalue weighted by atomic mass is 35.5. The quantitative estimate of drug-likeness (QED) is 0.554. The van der Waals surface area contributed by atoms with Crippen molar-refractivity contribution in [2.75, 3.05) is 7.05 Å². The molecule has 1 amide bonds. The van der Waals surface area contributed by atoms with Crippen molar-refractivity contribution in [1.82, 2.24) is 5.06 Å². The fraction of sp³-hybridized carbons (Fsp3) is 0.300. The molecule has 0 radical (unpaired) electrons. The van der Waals surface area contributed by atoms with Crippen molar-refractivity contribution in [3.8, 4) is 5.75 Å². The number of hydrogen-bond donors (Lipinski definition) is 3. The van der Waals surface area contributed by atoms with Gasteiger partial charge in [-0.1, -0.05) is 11.6 Å². The van der Waals surface area contributed by atoms with E-state index in [-0.39, 0.29) is 17.7 Å². The van der Waals surface area contributed by atoms with E-state index in [9.17, 15) is 15.0 Å². The zero-order valence-corrected chi connectivity index (χ0v) is 9.35.